The van der Waals surface area contributed by atoms with Crippen LogP contribution in [0.4, 0.5) is 0 Å². The van der Waals surface area contributed by atoms with Gasteiger partial charge in [-0.2, -0.15) is 0 Å². The SMILES string of the molecule is CCOc1cc(CNCCc2c[nH]c3ccccc23)cc(Br)c1OCc1ccc(Cl)cc1. The number of benzene rings is 3. The van der Waals surface area contributed by atoms with Gasteiger partial charge in [0.1, 0.15) is 6.61 Å². The van der Waals surface area contributed by atoms with Crippen molar-refractivity contribution in [3.63, 3.8) is 0 Å². The number of fused-ring (bicyclic) bond motifs is 1. The average Bonchev–Trinajstić information content (AvgIpc) is 3.21. The summed E-state index contributed by atoms with van der Waals surface area (Å²) in [5, 5.41) is 5.54. The zero-order valence-electron chi connectivity index (χ0n) is 18.0. The van der Waals surface area contributed by atoms with Gasteiger partial charge in [0.25, 0.3) is 0 Å². The molecular formula is C26H26BrClN2O2. The van der Waals surface area contributed by atoms with Crippen LogP contribution in [-0.4, -0.2) is 18.1 Å². The molecule has 166 valence electrons. The first-order valence-electron chi connectivity index (χ1n) is 10.7. The Balaban J connectivity index is 1.37. The van der Waals surface area contributed by atoms with E-state index in [9.17, 15) is 0 Å². The highest BCUT2D eigenvalue weighted by Crippen LogP contribution is 2.37. The van der Waals surface area contributed by atoms with Crippen molar-refractivity contribution < 1.29 is 9.47 Å². The summed E-state index contributed by atoms with van der Waals surface area (Å²) in [7, 11) is 0. The molecule has 0 amide bonds. The van der Waals surface area contributed by atoms with Gasteiger partial charge in [0.05, 0.1) is 11.1 Å². The number of hydrogen-bond acceptors (Lipinski definition) is 3. The molecule has 1 heterocycles. The van der Waals surface area contributed by atoms with Gasteiger partial charge < -0.3 is 19.8 Å². The van der Waals surface area contributed by atoms with Crippen LogP contribution in [0.3, 0.4) is 0 Å². The Kier molecular flexibility index (Phi) is 7.74. The normalized spacial score (nSPS) is 11.1. The fraction of sp³-hybridized carbons (Fsp3) is 0.231. The first-order valence-corrected chi connectivity index (χ1v) is 11.9. The van der Waals surface area contributed by atoms with E-state index >= 15 is 0 Å². The molecule has 1 aromatic heterocycles. The molecular weight excluding hydrogens is 488 g/mol. The molecule has 4 rings (SSSR count). The first-order chi connectivity index (χ1) is 15.6. The lowest BCUT2D eigenvalue weighted by Gasteiger charge is -2.16. The van der Waals surface area contributed by atoms with Crippen LogP contribution in [0.2, 0.25) is 5.02 Å². The molecule has 32 heavy (non-hydrogen) atoms. The Bertz CT molecular complexity index is 1170. The summed E-state index contributed by atoms with van der Waals surface area (Å²) >= 11 is 9.63. The zero-order valence-corrected chi connectivity index (χ0v) is 20.3. The average molecular weight is 514 g/mol. The third-order valence-electron chi connectivity index (χ3n) is 5.24. The molecule has 0 atom stereocenters. The highest BCUT2D eigenvalue weighted by Gasteiger charge is 2.13. The van der Waals surface area contributed by atoms with E-state index in [1.165, 1.54) is 16.5 Å². The van der Waals surface area contributed by atoms with Crippen molar-refractivity contribution in [1.29, 1.82) is 0 Å². The number of H-pyrrole nitrogens is 1. The molecule has 0 bridgehead atoms. The van der Waals surface area contributed by atoms with Crippen molar-refractivity contribution >= 4 is 38.4 Å². The molecule has 0 unspecified atom stereocenters. The van der Waals surface area contributed by atoms with E-state index in [1.54, 1.807) is 0 Å². The molecule has 4 aromatic rings. The fourth-order valence-electron chi connectivity index (χ4n) is 3.66. The number of nitrogens with one attached hydrogen (secondary N) is 2. The number of rotatable bonds is 10. The van der Waals surface area contributed by atoms with E-state index in [2.05, 4.69) is 62.8 Å². The van der Waals surface area contributed by atoms with Gasteiger partial charge >= 0.3 is 0 Å². The zero-order chi connectivity index (χ0) is 22.3. The van der Waals surface area contributed by atoms with Gasteiger partial charge in [-0.1, -0.05) is 41.9 Å². The van der Waals surface area contributed by atoms with E-state index in [0.29, 0.717) is 24.0 Å². The standard InChI is InChI=1S/C26H26BrClN2O2/c1-2-31-25-14-19(13-23(27)26(25)32-17-18-7-9-21(28)10-8-18)15-29-12-11-20-16-30-24-6-4-3-5-22(20)24/h3-10,13-14,16,29-30H,2,11-12,15,17H2,1H3. The van der Waals surface area contributed by atoms with Gasteiger partial charge in [-0.25, -0.2) is 0 Å². The number of aromatic nitrogens is 1. The van der Waals surface area contributed by atoms with E-state index in [1.807, 2.05) is 37.3 Å². The molecule has 0 fully saturated rings. The van der Waals surface area contributed by atoms with E-state index in [-0.39, 0.29) is 0 Å². The minimum atomic E-state index is 0.443. The lowest BCUT2D eigenvalue weighted by atomic mass is 10.1. The van der Waals surface area contributed by atoms with Gasteiger partial charge in [-0.05, 0) is 82.8 Å². The van der Waals surface area contributed by atoms with Gasteiger partial charge in [0, 0.05) is 28.7 Å². The number of halogens is 2. The molecule has 2 N–H and O–H groups in total. The maximum absolute atomic E-state index is 6.08. The second-order valence-corrected chi connectivity index (χ2v) is 8.83. The molecule has 0 saturated carbocycles. The van der Waals surface area contributed by atoms with Crippen molar-refractivity contribution in [1.82, 2.24) is 10.3 Å². The third kappa shape index (κ3) is 5.66. The summed E-state index contributed by atoms with van der Waals surface area (Å²) in [5.74, 6) is 1.45. The second-order valence-electron chi connectivity index (χ2n) is 7.54. The van der Waals surface area contributed by atoms with Crippen LogP contribution in [0.25, 0.3) is 10.9 Å². The van der Waals surface area contributed by atoms with E-state index in [4.69, 9.17) is 21.1 Å². The van der Waals surface area contributed by atoms with Gasteiger partial charge in [0.2, 0.25) is 0 Å². The van der Waals surface area contributed by atoms with Crippen LogP contribution < -0.4 is 14.8 Å². The molecule has 4 nitrogen and oxygen atoms in total. The van der Waals surface area contributed by atoms with E-state index in [0.717, 1.165) is 40.9 Å². The minimum absolute atomic E-state index is 0.443. The van der Waals surface area contributed by atoms with Gasteiger partial charge in [0.15, 0.2) is 11.5 Å². The van der Waals surface area contributed by atoms with Crippen LogP contribution in [0, 0.1) is 0 Å². The number of hydrogen-bond donors (Lipinski definition) is 2. The number of aromatic amines is 1. The topological polar surface area (TPSA) is 46.3 Å². The lowest BCUT2D eigenvalue weighted by Crippen LogP contribution is -2.16. The summed E-state index contributed by atoms with van der Waals surface area (Å²) in [4.78, 5) is 3.34. The molecule has 0 saturated heterocycles. The predicted molar refractivity (Wildman–Crippen MR) is 135 cm³/mol. The molecule has 0 aliphatic rings. The van der Waals surface area contributed by atoms with Crippen LogP contribution in [0.15, 0.2) is 71.3 Å². The van der Waals surface area contributed by atoms with Crippen LogP contribution in [-0.2, 0) is 19.6 Å². The number of para-hydroxylation sites is 1. The largest absolute Gasteiger partial charge is 0.490 e. The Labute approximate surface area is 202 Å². The minimum Gasteiger partial charge on any atom is -0.490 e. The number of ether oxygens (including phenoxy) is 2. The summed E-state index contributed by atoms with van der Waals surface area (Å²) in [5.41, 5.74) is 4.70. The van der Waals surface area contributed by atoms with Gasteiger partial charge in [-0.15, -0.1) is 0 Å². The molecule has 0 spiro atoms. The van der Waals surface area contributed by atoms with Crippen LogP contribution in [0.5, 0.6) is 11.5 Å². The van der Waals surface area contributed by atoms with Crippen molar-refractivity contribution in [2.45, 2.75) is 26.5 Å². The molecule has 3 aromatic carbocycles. The van der Waals surface area contributed by atoms with Crippen molar-refractivity contribution in [3.05, 3.63) is 93.0 Å². The maximum atomic E-state index is 6.08. The summed E-state index contributed by atoms with van der Waals surface area (Å²) in [6.07, 6.45) is 3.06. The Morgan fingerprint density at radius 2 is 1.81 bits per heavy atom. The van der Waals surface area contributed by atoms with Crippen LogP contribution in [0.1, 0.15) is 23.6 Å². The highest BCUT2D eigenvalue weighted by atomic mass is 79.9. The molecule has 0 radical (unpaired) electrons. The van der Waals surface area contributed by atoms with Crippen LogP contribution >= 0.6 is 27.5 Å². The Morgan fingerprint density at radius 3 is 2.62 bits per heavy atom. The quantitative estimate of drug-likeness (QED) is 0.227. The lowest BCUT2D eigenvalue weighted by molar-refractivity contribution is 0.267. The summed E-state index contributed by atoms with van der Waals surface area (Å²) < 4.78 is 12.8. The predicted octanol–water partition coefficient (Wildman–Crippen LogP) is 6.89. The molecule has 0 aliphatic carbocycles. The summed E-state index contributed by atoms with van der Waals surface area (Å²) in [6, 6.07) is 20.2. The molecule has 6 heteroatoms. The Morgan fingerprint density at radius 1 is 1.00 bits per heavy atom. The third-order valence-corrected chi connectivity index (χ3v) is 6.08. The maximum Gasteiger partial charge on any atom is 0.175 e. The van der Waals surface area contributed by atoms with Crippen molar-refractivity contribution in [2.24, 2.45) is 0 Å². The smallest absolute Gasteiger partial charge is 0.175 e. The van der Waals surface area contributed by atoms with Gasteiger partial charge in [-0.3, -0.25) is 0 Å². The van der Waals surface area contributed by atoms with E-state index < -0.39 is 0 Å². The molecule has 0 aliphatic heterocycles. The second kappa shape index (κ2) is 10.9. The fourth-order valence-corrected chi connectivity index (χ4v) is 4.39. The first kappa shape index (κ1) is 22.7. The Hall–Kier alpha value is -2.47. The van der Waals surface area contributed by atoms with Crippen molar-refractivity contribution in [2.75, 3.05) is 13.2 Å². The summed E-state index contributed by atoms with van der Waals surface area (Å²) in [6.45, 7) is 4.62. The monoisotopic (exact) mass is 512 g/mol. The van der Waals surface area contributed by atoms with Crippen molar-refractivity contribution in [3.8, 4) is 11.5 Å². The highest BCUT2D eigenvalue weighted by molar-refractivity contribution is 9.10.